The summed E-state index contributed by atoms with van der Waals surface area (Å²) >= 11 is 1.23. The van der Waals surface area contributed by atoms with Gasteiger partial charge in [-0.05, 0) is 59.2 Å². The molecule has 116 valence electrons. The molecule has 0 saturated heterocycles. The molecule has 3 N–H and O–H groups in total. The SMILES string of the molecule is Cc1c(-c2ccccc2)cc(-c2ccsc2C(=O)O)c(C)c1N. The standard InChI is InChI=1S/C19H17NO2S/c1-11-15(13-6-4-3-5-7-13)10-16(12(2)17(11)20)14-8-9-23-18(14)19(21)22/h3-10H,20H2,1-2H3,(H,21,22). The Morgan fingerprint density at radius 1 is 1.00 bits per heavy atom. The van der Waals surface area contributed by atoms with Crippen LogP contribution >= 0.6 is 11.3 Å². The molecule has 0 atom stereocenters. The van der Waals surface area contributed by atoms with E-state index in [9.17, 15) is 9.90 Å². The number of hydrogen-bond donors (Lipinski definition) is 2. The van der Waals surface area contributed by atoms with Crippen LogP contribution < -0.4 is 5.73 Å². The topological polar surface area (TPSA) is 63.3 Å². The summed E-state index contributed by atoms with van der Waals surface area (Å²) in [6.07, 6.45) is 0. The molecule has 1 heterocycles. The van der Waals surface area contributed by atoms with E-state index < -0.39 is 5.97 Å². The highest BCUT2D eigenvalue weighted by Gasteiger charge is 2.18. The third-order valence-corrected chi connectivity index (χ3v) is 5.04. The van der Waals surface area contributed by atoms with Gasteiger partial charge in [-0.15, -0.1) is 11.3 Å². The van der Waals surface area contributed by atoms with E-state index >= 15 is 0 Å². The fraction of sp³-hybridized carbons (Fsp3) is 0.105. The van der Waals surface area contributed by atoms with Crippen molar-refractivity contribution in [3.63, 3.8) is 0 Å². The Balaban J connectivity index is 2.28. The van der Waals surface area contributed by atoms with Gasteiger partial charge in [0.05, 0.1) is 0 Å². The number of nitrogens with two attached hydrogens (primary N) is 1. The van der Waals surface area contributed by atoms with Crippen LogP contribution in [0.15, 0.2) is 47.8 Å². The van der Waals surface area contributed by atoms with Crippen LogP contribution in [0.5, 0.6) is 0 Å². The Morgan fingerprint density at radius 3 is 2.30 bits per heavy atom. The van der Waals surface area contributed by atoms with Crippen molar-refractivity contribution in [2.24, 2.45) is 0 Å². The zero-order valence-corrected chi connectivity index (χ0v) is 13.8. The van der Waals surface area contributed by atoms with Crippen LogP contribution in [0.25, 0.3) is 22.3 Å². The highest BCUT2D eigenvalue weighted by molar-refractivity contribution is 7.12. The minimum atomic E-state index is -0.908. The predicted octanol–water partition coefficient (Wildman–Crippen LogP) is 4.98. The molecule has 0 aliphatic carbocycles. The van der Waals surface area contributed by atoms with Gasteiger partial charge in [0.25, 0.3) is 0 Å². The quantitative estimate of drug-likeness (QED) is 0.668. The molecule has 3 aromatic rings. The molecular weight excluding hydrogens is 306 g/mol. The number of aromatic carboxylic acids is 1. The molecule has 0 aliphatic rings. The third-order valence-electron chi connectivity index (χ3n) is 4.14. The molecule has 0 spiro atoms. The molecule has 1 aromatic heterocycles. The van der Waals surface area contributed by atoms with E-state index in [4.69, 9.17) is 5.73 Å². The summed E-state index contributed by atoms with van der Waals surface area (Å²) < 4.78 is 0. The van der Waals surface area contributed by atoms with Gasteiger partial charge in [0.1, 0.15) is 4.88 Å². The first-order chi connectivity index (χ1) is 11.0. The van der Waals surface area contributed by atoms with Crippen LogP contribution in [0, 0.1) is 13.8 Å². The van der Waals surface area contributed by atoms with Crippen LogP contribution in [0.4, 0.5) is 5.69 Å². The van der Waals surface area contributed by atoms with Crippen molar-refractivity contribution in [2.45, 2.75) is 13.8 Å². The normalized spacial score (nSPS) is 10.7. The van der Waals surface area contributed by atoms with Gasteiger partial charge >= 0.3 is 5.97 Å². The molecule has 0 fully saturated rings. The largest absolute Gasteiger partial charge is 0.477 e. The van der Waals surface area contributed by atoms with Crippen molar-refractivity contribution in [3.05, 3.63) is 63.8 Å². The summed E-state index contributed by atoms with van der Waals surface area (Å²) in [6.45, 7) is 3.94. The van der Waals surface area contributed by atoms with Crippen molar-refractivity contribution in [1.29, 1.82) is 0 Å². The number of carboxylic acids is 1. The van der Waals surface area contributed by atoms with E-state index in [1.807, 2.05) is 56.3 Å². The second kappa shape index (κ2) is 5.89. The predicted molar refractivity (Wildman–Crippen MR) is 96.0 cm³/mol. The summed E-state index contributed by atoms with van der Waals surface area (Å²) in [5.74, 6) is -0.908. The molecule has 0 bridgehead atoms. The van der Waals surface area contributed by atoms with Gasteiger partial charge in [-0.2, -0.15) is 0 Å². The van der Waals surface area contributed by atoms with Crippen molar-refractivity contribution < 1.29 is 9.90 Å². The Bertz CT molecular complexity index is 882. The molecule has 0 aliphatic heterocycles. The number of thiophene rings is 1. The lowest BCUT2D eigenvalue weighted by Gasteiger charge is -2.16. The molecular formula is C19H17NO2S. The van der Waals surface area contributed by atoms with Crippen LogP contribution in [-0.4, -0.2) is 11.1 Å². The first-order valence-electron chi connectivity index (χ1n) is 7.27. The van der Waals surface area contributed by atoms with E-state index in [1.165, 1.54) is 11.3 Å². The Hall–Kier alpha value is -2.59. The lowest BCUT2D eigenvalue weighted by Crippen LogP contribution is -2.01. The average molecular weight is 323 g/mol. The monoisotopic (exact) mass is 323 g/mol. The number of rotatable bonds is 3. The maximum atomic E-state index is 11.5. The molecule has 23 heavy (non-hydrogen) atoms. The molecule has 0 radical (unpaired) electrons. The molecule has 3 nitrogen and oxygen atoms in total. The second-order valence-corrected chi connectivity index (χ2v) is 6.39. The molecule has 4 heteroatoms. The maximum Gasteiger partial charge on any atom is 0.346 e. The number of nitrogen functional groups attached to an aromatic ring is 1. The number of hydrogen-bond acceptors (Lipinski definition) is 3. The Morgan fingerprint density at radius 2 is 1.65 bits per heavy atom. The number of anilines is 1. The van der Waals surface area contributed by atoms with Gasteiger partial charge in [0.15, 0.2) is 0 Å². The summed E-state index contributed by atoms with van der Waals surface area (Å²) in [4.78, 5) is 11.8. The van der Waals surface area contributed by atoms with E-state index in [2.05, 4.69) is 0 Å². The second-order valence-electron chi connectivity index (χ2n) is 5.47. The fourth-order valence-corrected chi connectivity index (χ4v) is 3.56. The van der Waals surface area contributed by atoms with Crippen molar-refractivity contribution in [2.75, 3.05) is 5.73 Å². The number of carbonyl (C=O) groups is 1. The summed E-state index contributed by atoms with van der Waals surface area (Å²) in [7, 11) is 0. The summed E-state index contributed by atoms with van der Waals surface area (Å²) in [5.41, 5.74) is 12.7. The van der Waals surface area contributed by atoms with Crippen LogP contribution in [0.2, 0.25) is 0 Å². The lowest BCUT2D eigenvalue weighted by molar-refractivity contribution is 0.0703. The van der Waals surface area contributed by atoms with Crippen LogP contribution in [0.1, 0.15) is 20.8 Å². The first-order valence-corrected chi connectivity index (χ1v) is 8.15. The molecule has 3 rings (SSSR count). The number of benzene rings is 2. The van der Waals surface area contributed by atoms with Gasteiger partial charge in [0.2, 0.25) is 0 Å². The van der Waals surface area contributed by atoms with Crippen LogP contribution in [-0.2, 0) is 0 Å². The minimum Gasteiger partial charge on any atom is -0.477 e. The Kier molecular flexibility index (Phi) is 3.92. The van der Waals surface area contributed by atoms with Gasteiger partial charge in [0, 0.05) is 11.3 Å². The van der Waals surface area contributed by atoms with E-state index in [-0.39, 0.29) is 0 Å². The lowest BCUT2D eigenvalue weighted by atomic mass is 9.90. The zero-order chi connectivity index (χ0) is 16.6. The van der Waals surface area contributed by atoms with Crippen molar-refractivity contribution in [1.82, 2.24) is 0 Å². The van der Waals surface area contributed by atoms with Gasteiger partial charge in [-0.3, -0.25) is 0 Å². The highest BCUT2D eigenvalue weighted by atomic mass is 32.1. The molecule has 2 aromatic carbocycles. The van der Waals surface area contributed by atoms with E-state index in [0.29, 0.717) is 10.6 Å². The van der Waals surface area contributed by atoms with Crippen molar-refractivity contribution in [3.8, 4) is 22.3 Å². The maximum absolute atomic E-state index is 11.5. The molecule has 0 amide bonds. The van der Waals surface area contributed by atoms with Gasteiger partial charge in [-0.25, -0.2) is 4.79 Å². The fourth-order valence-electron chi connectivity index (χ4n) is 2.82. The van der Waals surface area contributed by atoms with E-state index in [1.54, 1.807) is 5.38 Å². The zero-order valence-electron chi connectivity index (χ0n) is 13.0. The summed E-state index contributed by atoms with van der Waals surface area (Å²) in [6, 6.07) is 13.9. The minimum absolute atomic E-state index is 0.343. The molecule has 0 saturated carbocycles. The summed E-state index contributed by atoms with van der Waals surface area (Å²) in [5, 5.41) is 11.2. The highest BCUT2D eigenvalue weighted by Crippen LogP contribution is 2.39. The first kappa shape index (κ1) is 15.3. The van der Waals surface area contributed by atoms with E-state index in [0.717, 1.165) is 33.4 Å². The van der Waals surface area contributed by atoms with Crippen LogP contribution in [0.3, 0.4) is 0 Å². The molecule has 0 unspecified atom stereocenters. The third kappa shape index (κ3) is 2.62. The van der Waals surface area contributed by atoms with Gasteiger partial charge < -0.3 is 10.8 Å². The smallest absolute Gasteiger partial charge is 0.346 e. The average Bonchev–Trinajstić information content (AvgIpc) is 3.03. The number of carboxylic acid groups (broad SMARTS) is 1. The van der Waals surface area contributed by atoms with Crippen molar-refractivity contribution >= 4 is 23.0 Å². The Labute approximate surface area is 139 Å². The van der Waals surface area contributed by atoms with Gasteiger partial charge in [-0.1, -0.05) is 30.3 Å².